The molecule has 6 rings (SSSR count). The maximum atomic E-state index is 13.9. The lowest BCUT2D eigenvalue weighted by molar-refractivity contribution is -0.126. The number of hydroxylamine groups is 1. The number of rotatable bonds is 6. The van der Waals surface area contributed by atoms with E-state index >= 15 is 0 Å². The minimum absolute atomic E-state index is 0.00184. The van der Waals surface area contributed by atoms with Crippen LogP contribution in [-0.4, -0.2) is 26.3 Å². The smallest absolute Gasteiger partial charge is 0.339 e. The predicted molar refractivity (Wildman–Crippen MR) is 144 cm³/mol. The molecule has 8 nitrogen and oxygen atoms in total. The Morgan fingerprint density at radius 1 is 0.744 bits per heavy atom. The number of para-hydroxylation sites is 2. The number of hydrogen-bond acceptors (Lipinski definition) is 7. The van der Waals surface area contributed by atoms with Crippen LogP contribution in [0.2, 0.25) is 0 Å². The van der Waals surface area contributed by atoms with E-state index < -0.39 is 40.0 Å². The van der Waals surface area contributed by atoms with Crippen LogP contribution in [0, 0.1) is 12.8 Å². The molecule has 0 spiro atoms. The van der Waals surface area contributed by atoms with Crippen molar-refractivity contribution in [2.45, 2.75) is 24.0 Å². The number of carbonyl (C=O) groups is 2. The normalized spacial score (nSPS) is 20.8. The largest absolute Gasteiger partial charge is 0.379 e. The van der Waals surface area contributed by atoms with Crippen LogP contribution in [0.25, 0.3) is 0 Å². The van der Waals surface area contributed by atoms with Crippen LogP contribution in [0.3, 0.4) is 0 Å². The average molecular weight is 541 g/mol. The second-order valence-corrected chi connectivity index (χ2v) is 10.9. The van der Waals surface area contributed by atoms with Gasteiger partial charge in [-0.3, -0.25) is 14.4 Å². The molecule has 2 aliphatic heterocycles. The van der Waals surface area contributed by atoms with Crippen molar-refractivity contribution >= 4 is 33.3 Å². The topological polar surface area (TPSA) is 93.2 Å². The van der Waals surface area contributed by atoms with Gasteiger partial charge in [0.2, 0.25) is 5.91 Å². The third kappa shape index (κ3) is 4.35. The van der Waals surface area contributed by atoms with Crippen molar-refractivity contribution in [2.75, 3.05) is 9.96 Å². The van der Waals surface area contributed by atoms with E-state index in [2.05, 4.69) is 0 Å². The van der Waals surface area contributed by atoms with Crippen LogP contribution in [0.1, 0.15) is 17.2 Å². The van der Waals surface area contributed by atoms with Crippen molar-refractivity contribution in [3.8, 4) is 5.75 Å². The third-order valence-corrected chi connectivity index (χ3v) is 8.10. The molecule has 0 N–H and O–H groups in total. The first kappa shape index (κ1) is 24.8. The van der Waals surface area contributed by atoms with E-state index in [0.29, 0.717) is 16.9 Å². The van der Waals surface area contributed by atoms with E-state index in [1.54, 1.807) is 66.7 Å². The number of imide groups is 1. The van der Waals surface area contributed by atoms with Crippen LogP contribution in [0.15, 0.2) is 114 Å². The Labute approximate surface area is 226 Å². The summed E-state index contributed by atoms with van der Waals surface area (Å²) < 4.78 is 31.9. The first-order valence-corrected chi connectivity index (χ1v) is 13.8. The van der Waals surface area contributed by atoms with Crippen molar-refractivity contribution in [1.82, 2.24) is 0 Å². The van der Waals surface area contributed by atoms with Gasteiger partial charge in [-0.1, -0.05) is 66.7 Å². The molecule has 0 aliphatic carbocycles. The molecule has 2 fully saturated rings. The zero-order valence-electron chi connectivity index (χ0n) is 20.9. The predicted octanol–water partition coefficient (Wildman–Crippen LogP) is 4.81. The molecule has 2 heterocycles. The fourth-order valence-electron chi connectivity index (χ4n) is 5.10. The molecule has 4 aromatic rings. The van der Waals surface area contributed by atoms with Crippen molar-refractivity contribution in [3.63, 3.8) is 0 Å². The highest BCUT2D eigenvalue weighted by Gasteiger charge is 2.60. The van der Waals surface area contributed by atoms with Gasteiger partial charge in [0.05, 0.1) is 17.4 Å². The highest BCUT2D eigenvalue weighted by Crippen LogP contribution is 2.49. The third-order valence-electron chi connectivity index (χ3n) is 6.85. The fourth-order valence-corrected chi connectivity index (χ4v) is 6.08. The summed E-state index contributed by atoms with van der Waals surface area (Å²) in [6, 6.07) is 29.8. The fraction of sp³-hybridized carbons (Fsp3) is 0.133. The van der Waals surface area contributed by atoms with Crippen molar-refractivity contribution < 1.29 is 27.0 Å². The van der Waals surface area contributed by atoms with Gasteiger partial charge in [0.1, 0.15) is 16.6 Å². The van der Waals surface area contributed by atoms with Crippen molar-refractivity contribution in [2.24, 2.45) is 5.92 Å². The SMILES string of the molecule is Cc1cccc(N2C(=O)C3ON(c4ccccc4)C(c4ccccc4OS(=O)(=O)c4ccccc4)C3C2=O)c1. The second kappa shape index (κ2) is 9.68. The van der Waals surface area contributed by atoms with Crippen LogP contribution in [0.4, 0.5) is 11.4 Å². The Morgan fingerprint density at radius 3 is 2.10 bits per heavy atom. The van der Waals surface area contributed by atoms with Gasteiger partial charge in [-0.2, -0.15) is 8.42 Å². The Balaban J connectivity index is 1.45. The van der Waals surface area contributed by atoms with Crippen LogP contribution < -0.4 is 14.1 Å². The molecule has 196 valence electrons. The number of nitrogens with zero attached hydrogens (tertiary/aromatic N) is 2. The number of hydrogen-bond donors (Lipinski definition) is 0. The highest BCUT2D eigenvalue weighted by atomic mass is 32.2. The summed E-state index contributed by atoms with van der Waals surface area (Å²) in [4.78, 5) is 34.9. The molecule has 4 aromatic carbocycles. The molecule has 0 radical (unpaired) electrons. The van der Waals surface area contributed by atoms with Gasteiger partial charge in [-0.05, 0) is 55.0 Å². The van der Waals surface area contributed by atoms with Gasteiger partial charge in [0.25, 0.3) is 5.91 Å². The zero-order chi connectivity index (χ0) is 27.1. The summed E-state index contributed by atoms with van der Waals surface area (Å²) in [5.74, 6) is -1.80. The van der Waals surface area contributed by atoms with Crippen LogP contribution in [0.5, 0.6) is 5.75 Å². The molecule has 0 saturated carbocycles. The molecular formula is C30H24N2O6S. The Morgan fingerprint density at radius 2 is 1.38 bits per heavy atom. The summed E-state index contributed by atoms with van der Waals surface area (Å²) in [6.45, 7) is 1.88. The molecule has 2 amide bonds. The monoisotopic (exact) mass is 540 g/mol. The Kier molecular flexibility index (Phi) is 6.17. The first-order chi connectivity index (χ1) is 18.8. The van der Waals surface area contributed by atoms with E-state index in [1.165, 1.54) is 23.3 Å². The van der Waals surface area contributed by atoms with E-state index in [-0.39, 0.29) is 10.6 Å². The summed E-state index contributed by atoms with van der Waals surface area (Å²) in [7, 11) is -4.17. The van der Waals surface area contributed by atoms with Crippen LogP contribution in [-0.2, 0) is 24.5 Å². The summed E-state index contributed by atoms with van der Waals surface area (Å²) in [6.07, 6.45) is -1.10. The van der Waals surface area contributed by atoms with Gasteiger partial charge < -0.3 is 4.18 Å². The molecule has 3 atom stereocenters. The summed E-state index contributed by atoms with van der Waals surface area (Å²) >= 11 is 0. The molecule has 2 saturated heterocycles. The standard InChI is InChI=1S/C30H24N2O6S/c1-20-11-10-14-22(19-20)31-29(33)26-27(32(37-28(26)30(31)34)21-12-4-2-5-13-21)24-17-8-9-18-25(24)38-39(35,36)23-15-6-3-7-16-23/h2-19,26-28H,1H3. The minimum Gasteiger partial charge on any atom is -0.379 e. The van der Waals surface area contributed by atoms with Gasteiger partial charge in [-0.25, -0.2) is 9.96 Å². The lowest BCUT2D eigenvalue weighted by Gasteiger charge is -2.29. The molecule has 2 aliphatic rings. The number of benzene rings is 4. The second-order valence-electron chi connectivity index (χ2n) is 9.40. The summed E-state index contributed by atoms with van der Waals surface area (Å²) in [5.41, 5.74) is 2.38. The van der Waals surface area contributed by atoms with Gasteiger partial charge >= 0.3 is 10.1 Å². The lowest BCUT2D eigenvalue weighted by atomic mass is 9.90. The number of fused-ring (bicyclic) bond motifs is 1. The van der Waals surface area contributed by atoms with E-state index in [4.69, 9.17) is 9.02 Å². The number of aryl methyl sites for hydroxylation is 1. The zero-order valence-corrected chi connectivity index (χ0v) is 21.7. The molecule has 39 heavy (non-hydrogen) atoms. The maximum absolute atomic E-state index is 13.9. The molecule has 3 unspecified atom stereocenters. The summed E-state index contributed by atoms with van der Waals surface area (Å²) in [5, 5.41) is 1.51. The lowest BCUT2D eigenvalue weighted by Crippen LogP contribution is -2.37. The van der Waals surface area contributed by atoms with Crippen molar-refractivity contribution in [1.29, 1.82) is 0 Å². The minimum atomic E-state index is -4.17. The molecular weight excluding hydrogens is 516 g/mol. The molecule has 0 bridgehead atoms. The number of anilines is 2. The Bertz CT molecular complexity index is 1660. The first-order valence-electron chi connectivity index (χ1n) is 12.4. The average Bonchev–Trinajstić information content (AvgIpc) is 3.45. The van der Waals surface area contributed by atoms with Gasteiger partial charge in [-0.15, -0.1) is 0 Å². The molecule has 0 aromatic heterocycles. The van der Waals surface area contributed by atoms with Crippen molar-refractivity contribution in [3.05, 3.63) is 120 Å². The Hall–Kier alpha value is -4.47. The number of amides is 2. The van der Waals surface area contributed by atoms with E-state index in [0.717, 1.165) is 10.5 Å². The van der Waals surface area contributed by atoms with Crippen LogP contribution >= 0.6 is 0 Å². The molecule has 9 heteroatoms. The highest BCUT2D eigenvalue weighted by molar-refractivity contribution is 7.87. The quantitative estimate of drug-likeness (QED) is 0.256. The van der Waals surface area contributed by atoms with E-state index in [9.17, 15) is 18.0 Å². The maximum Gasteiger partial charge on any atom is 0.339 e. The van der Waals surface area contributed by atoms with Gasteiger partial charge in [0, 0.05) is 5.56 Å². The number of carbonyl (C=O) groups excluding carboxylic acids is 2. The van der Waals surface area contributed by atoms with E-state index in [1.807, 2.05) is 31.2 Å². The van der Waals surface area contributed by atoms with Gasteiger partial charge in [0.15, 0.2) is 6.10 Å².